The van der Waals surface area contributed by atoms with Crippen LogP contribution in [0.5, 0.6) is 11.5 Å². The number of carbonyl (C=O) groups excluding carboxylic acids is 1. The minimum absolute atomic E-state index is 0.129. The van der Waals surface area contributed by atoms with E-state index in [2.05, 4.69) is 4.74 Å². The summed E-state index contributed by atoms with van der Waals surface area (Å²) in [5.74, 6) is 0.552. The predicted octanol–water partition coefficient (Wildman–Crippen LogP) is 1.09. The number of ether oxygens (including phenoxy) is 3. The minimum Gasteiger partial charge on any atom is -0.465 e. The molecule has 0 atom stereocenters. The summed E-state index contributed by atoms with van der Waals surface area (Å²) in [6, 6.07) is 1.58. The molecule has 2 rings (SSSR count). The fourth-order valence-electron chi connectivity index (χ4n) is 1.48. The molecule has 1 aliphatic heterocycles. The van der Waals surface area contributed by atoms with Crippen molar-refractivity contribution in [3.05, 3.63) is 17.2 Å². The summed E-state index contributed by atoms with van der Waals surface area (Å²) in [6.07, 6.45) is 0. The monoisotopic (exact) mass is 209 g/mol. The number of hydrogen-bond donors (Lipinski definition) is 1. The van der Waals surface area contributed by atoms with Gasteiger partial charge in [0.05, 0.1) is 18.4 Å². The molecule has 0 radical (unpaired) electrons. The van der Waals surface area contributed by atoms with Crippen LogP contribution in [0.25, 0.3) is 0 Å². The van der Waals surface area contributed by atoms with Gasteiger partial charge in [-0.1, -0.05) is 0 Å². The Morgan fingerprint density at radius 3 is 2.93 bits per heavy atom. The van der Waals surface area contributed by atoms with Gasteiger partial charge in [-0.25, -0.2) is 4.79 Å². The van der Waals surface area contributed by atoms with Crippen molar-refractivity contribution in [3.63, 3.8) is 0 Å². The molecule has 15 heavy (non-hydrogen) atoms. The highest BCUT2D eigenvalue weighted by molar-refractivity contribution is 5.94. The first-order valence-corrected chi connectivity index (χ1v) is 4.42. The molecule has 0 bridgehead atoms. The number of methoxy groups -OCH3 is 1. The largest absolute Gasteiger partial charge is 0.465 e. The Hall–Kier alpha value is -1.91. The van der Waals surface area contributed by atoms with Crippen molar-refractivity contribution in [2.45, 2.75) is 6.92 Å². The van der Waals surface area contributed by atoms with Crippen molar-refractivity contribution in [2.24, 2.45) is 0 Å². The van der Waals surface area contributed by atoms with Crippen LogP contribution < -0.4 is 15.2 Å². The van der Waals surface area contributed by atoms with Crippen molar-refractivity contribution >= 4 is 11.7 Å². The predicted molar refractivity (Wildman–Crippen MR) is 53.1 cm³/mol. The van der Waals surface area contributed by atoms with Crippen molar-refractivity contribution < 1.29 is 19.0 Å². The van der Waals surface area contributed by atoms with E-state index < -0.39 is 5.97 Å². The summed E-state index contributed by atoms with van der Waals surface area (Å²) in [6.45, 7) is 1.87. The van der Waals surface area contributed by atoms with Gasteiger partial charge in [-0.05, 0) is 18.6 Å². The zero-order valence-electron chi connectivity index (χ0n) is 8.49. The van der Waals surface area contributed by atoms with Gasteiger partial charge in [0.1, 0.15) is 0 Å². The minimum atomic E-state index is -0.433. The molecule has 0 amide bonds. The Kier molecular flexibility index (Phi) is 2.15. The topological polar surface area (TPSA) is 70.8 Å². The summed E-state index contributed by atoms with van der Waals surface area (Å²) in [7, 11) is 1.32. The standard InChI is InChI=1S/C10H11NO4/c1-5-6(10(12)13-2)3-7-9(8(5)11)15-4-14-7/h3H,4,11H2,1-2H3. The number of esters is 1. The molecule has 0 aliphatic carbocycles. The molecule has 0 spiro atoms. The van der Waals surface area contributed by atoms with E-state index in [9.17, 15) is 4.79 Å². The molecule has 1 aromatic rings. The highest BCUT2D eigenvalue weighted by atomic mass is 16.7. The van der Waals surface area contributed by atoms with Crippen molar-refractivity contribution in [3.8, 4) is 11.5 Å². The van der Waals surface area contributed by atoms with Gasteiger partial charge in [0.15, 0.2) is 11.5 Å². The first-order chi connectivity index (χ1) is 7.15. The SMILES string of the molecule is COC(=O)c1cc2c(c(N)c1C)OCO2. The highest BCUT2D eigenvalue weighted by Gasteiger charge is 2.23. The van der Waals surface area contributed by atoms with E-state index in [1.807, 2.05) is 0 Å². The van der Waals surface area contributed by atoms with Crippen LogP contribution in [0.3, 0.4) is 0 Å². The van der Waals surface area contributed by atoms with Crippen LogP contribution in [0.15, 0.2) is 6.07 Å². The first-order valence-electron chi connectivity index (χ1n) is 4.42. The molecule has 1 heterocycles. The molecule has 5 heteroatoms. The second-order valence-corrected chi connectivity index (χ2v) is 3.19. The quantitative estimate of drug-likeness (QED) is 0.553. The van der Waals surface area contributed by atoms with Crippen LogP contribution in [-0.4, -0.2) is 19.9 Å². The van der Waals surface area contributed by atoms with Crippen molar-refractivity contribution in [1.82, 2.24) is 0 Å². The summed E-state index contributed by atoms with van der Waals surface area (Å²) in [4.78, 5) is 11.4. The molecule has 0 unspecified atom stereocenters. The number of nitrogen functional groups attached to an aromatic ring is 1. The normalized spacial score (nSPS) is 12.7. The number of benzene rings is 1. The lowest BCUT2D eigenvalue weighted by molar-refractivity contribution is 0.0599. The van der Waals surface area contributed by atoms with Crippen LogP contribution in [-0.2, 0) is 4.74 Å². The van der Waals surface area contributed by atoms with Gasteiger partial charge >= 0.3 is 5.97 Å². The van der Waals surface area contributed by atoms with Crippen LogP contribution in [0.1, 0.15) is 15.9 Å². The maximum atomic E-state index is 11.4. The summed E-state index contributed by atoms with van der Waals surface area (Å²) in [5, 5.41) is 0. The molecule has 0 saturated carbocycles. The van der Waals surface area contributed by atoms with E-state index >= 15 is 0 Å². The molecule has 0 saturated heterocycles. The molecule has 1 aliphatic rings. The fourth-order valence-corrected chi connectivity index (χ4v) is 1.48. The smallest absolute Gasteiger partial charge is 0.338 e. The molecule has 0 fully saturated rings. The molecule has 0 aromatic heterocycles. The zero-order valence-corrected chi connectivity index (χ0v) is 8.49. The fraction of sp³-hybridized carbons (Fsp3) is 0.300. The second-order valence-electron chi connectivity index (χ2n) is 3.19. The van der Waals surface area contributed by atoms with Gasteiger partial charge in [-0.2, -0.15) is 0 Å². The third-order valence-electron chi connectivity index (χ3n) is 2.37. The Morgan fingerprint density at radius 1 is 1.53 bits per heavy atom. The highest BCUT2D eigenvalue weighted by Crippen LogP contribution is 2.41. The zero-order chi connectivity index (χ0) is 11.0. The maximum absolute atomic E-state index is 11.4. The lowest BCUT2D eigenvalue weighted by Crippen LogP contribution is -2.06. The van der Waals surface area contributed by atoms with Crippen LogP contribution >= 0.6 is 0 Å². The molecular weight excluding hydrogens is 198 g/mol. The van der Waals surface area contributed by atoms with Gasteiger partial charge < -0.3 is 19.9 Å². The van der Waals surface area contributed by atoms with Crippen LogP contribution in [0, 0.1) is 6.92 Å². The lowest BCUT2D eigenvalue weighted by atomic mass is 10.1. The summed E-state index contributed by atoms with van der Waals surface area (Å²) >= 11 is 0. The van der Waals surface area contributed by atoms with E-state index in [0.29, 0.717) is 28.3 Å². The van der Waals surface area contributed by atoms with E-state index in [1.165, 1.54) is 7.11 Å². The third kappa shape index (κ3) is 1.36. The number of hydrogen-bond acceptors (Lipinski definition) is 5. The Bertz CT molecular complexity index is 428. The van der Waals surface area contributed by atoms with Crippen molar-refractivity contribution in [1.29, 1.82) is 0 Å². The van der Waals surface area contributed by atoms with E-state index in [0.717, 1.165) is 0 Å². The number of carbonyl (C=O) groups is 1. The Labute approximate surface area is 86.7 Å². The first kappa shape index (κ1) is 9.64. The average Bonchev–Trinajstić information content (AvgIpc) is 2.70. The Morgan fingerprint density at radius 2 is 2.27 bits per heavy atom. The third-order valence-corrected chi connectivity index (χ3v) is 2.37. The molecule has 80 valence electrons. The second kappa shape index (κ2) is 3.34. The maximum Gasteiger partial charge on any atom is 0.338 e. The van der Waals surface area contributed by atoms with Gasteiger partial charge in [-0.3, -0.25) is 0 Å². The number of fused-ring (bicyclic) bond motifs is 1. The van der Waals surface area contributed by atoms with E-state index in [-0.39, 0.29) is 6.79 Å². The van der Waals surface area contributed by atoms with Crippen LogP contribution in [0.2, 0.25) is 0 Å². The summed E-state index contributed by atoms with van der Waals surface area (Å²) in [5.41, 5.74) is 7.28. The van der Waals surface area contributed by atoms with Crippen LogP contribution in [0.4, 0.5) is 5.69 Å². The number of nitrogens with two attached hydrogens (primary N) is 1. The number of anilines is 1. The summed E-state index contributed by atoms with van der Waals surface area (Å²) < 4.78 is 15.0. The van der Waals surface area contributed by atoms with Crippen molar-refractivity contribution in [2.75, 3.05) is 19.6 Å². The van der Waals surface area contributed by atoms with Gasteiger partial charge in [0.25, 0.3) is 0 Å². The number of rotatable bonds is 1. The molecule has 2 N–H and O–H groups in total. The van der Waals surface area contributed by atoms with Gasteiger partial charge in [0, 0.05) is 0 Å². The van der Waals surface area contributed by atoms with Gasteiger partial charge in [0.2, 0.25) is 6.79 Å². The van der Waals surface area contributed by atoms with E-state index in [1.54, 1.807) is 13.0 Å². The lowest BCUT2D eigenvalue weighted by Gasteiger charge is -2.09. The molecule has 5 nitrogen and oxygen atoms in total. The molecular formula is C10H11NO4. The average molecular weight is 209 g/mol. The molecule has 1 aromatic carbocycles. The Balaban J connectivity index is 2.59. The van der Waals surface area contributed by atoms with E-state index in [4.69, 9.17) is 15.2 Å². The van der Waals surface area contributed by atoms with Gasteiger partial charge in [-0.15, -0.1) is 0 Å².